The summed E-state index contributed by atoms with van der Waals surface area (Å²) in [6.07, 6.45) is 7.01. The zero-order valence-corrected chi connectivity index (χ0v) is 14.4. The molecule has 0 radical (unpaired) electrons. The Morgan fingerprint density at radius 2 is 2.25 bits per heavy atom. The van der Waals surface area contributed by atoms with Gasteiger partial charge in [0.15, 0.2) is 0 Å². The highest BCUT2D eigenvalue weighted by Crippen LogP contribution is 2.44. The summed E-state index contributed by atoms with van der Waals surface area (Å²) >= 11 is 0. The smallest absolute Gasteiger partial charge is 0.228 e. The number of piperidine rings is 1. The Kier molecular flexibility index (Phi) is 4.18. The highest BCUT2D eigenvalue weighted by Gasteiger charge is 2.51. The maximum absolute atomic E-state index is 12.9. The zero-order chi connectivity index (χ0) is 16.7. The lowest BCUT2D eigenvalue weighted by Gasteiger charge is -2.50. The number of amides is 1. The molecule has 0 spiro atoms. The van der Waals surface area contributed by atoms with Crippen LogP contribution in [0.3, 0.4) is 0 Å². The van der Waals surface area contributed by atoms with Crippen molar-refractivity contribution in [1.29, 1.82) is 0 Å². The molecular weight excluding hydrogens is 304 g/mol. The van der Waals surface area contributed by atoms with Gasteiger partial charge in [0.25, 0.3) is 0 Å². The molecule has 2 aliphatic heterocycles. The number of fused-ring (bicyclic) bond motifs is 3. The minimum Gasteiger partial charge on any atom is -0.495 e. The van der Waals surface area contributed by atoms with Crippen LogP contribution in [0.2, 0.25) is 0 Å². The van der Waals surface area contributed by atoms with Gasteiger partial charge in [0.1, 0.15) is 5.75 Å². The van der Waals surface area contributed by atoms with Gasteiger partial charge in [0, 0.05) is 31.4 Å². The number of ether oxygens (including phenoxy) is 1. The van der Waals surface area contributed by atoms with Gasteiger partial charge in [0.05, 0.1) is 19.2 Å². The van der Waals surface area contributed by atoms with Gasteiger partial charge in [0.2, 0.25) is 5.91 Å². The number of methoxy groups -OCH3 is 1. The van der Waals surface area contributed by atoms with Crippen molar-refractivity contribution in [2.75, 3.05) is 20.2 Å². The average Bonchev–Trinajstić information content (AvgIpc) is 3.12. The molecule has 1 aromatic rings. The van der Waals surface area contributed by atoms with E-state index in [9.17, 15) is 4.79 Å². The third-order valence-corrected chi connectivity index (χ3v) is 6.14. The van der Waals surface area contributed by atoms with Crippen LogP contribution in [0.25, 0.3) is 0 Å². The van der Waals surface area contributed by atoms with E-state index in [4.69, 9.17) is 4.74 Å². The molecular formula is C18H26N4O2. The Labute approximate surface area is 142 Å². The molecule has 6 heteroatoms. The van der Waals surface area contributed by atoms with Gasteiger partial charge in [-0.3, -0.25) is 20.6 Å². The van der Waals surface area contributed by atoms with Crippen LogP contribution in [-0.4, -0.2) is 48.1 Å². The minimum atomic E-state index is 0.0984. The number of nitrogens with zero attached hydrogens (tertiary/aromatic N) is 2. The number of rotatable bonds is 3. The lowest BCUT2D eigenvalue weighted by molar-refractivity contribution is -0.146. The van der Waals surface area contributed by atoms with Crippen molar-refractivity contribution < 1.29 is 9.53 Å². The molecule has 6 nitrogen and oxygen atoms in total. The summed E-state index contributed by atoms with van der Waals surface area (Å²) in [6.45, 7) is 3.65. The van der Waals surface area contributed by atoms with Gasteiger partial charge in [-0.1, -0.05) is 0 Å². The van der Waals surface area contributed by atoms with Crippen LogP contribution in [-0.2, 0) is 4.79 Å². The average molecular weight is 330 g/mol. The number of carbonyl (C=O) groups excluding carboxylic acids is 1. The maximum Gasteiger partial charge on any atom is 0.228 e. The van der Waals surface area contributed by atoms with E-state index in [1.54, 1.807) is 13.3 Å². The number of aromatic nitrogens is 1. The van der Waals surface area contributed by atoms with Crippen molar-refractivity contribution in [3.63, 3.8) is 0 Å². The number of likely N-dealkylation sites (tertiary alicyclic amines) is 1. The minimum absolute atomic E-state index is 0.0984. The standard InChI is InChI=1S/C18H26N4O2/c1-3-22-16-7-11(12-6-13(24-2)9-19-8-12)4-5-14(16)17-15(18(22)23)10-20-21-17/h6,8-9,11,14-17,20-21H,3-5,7,10H2,1-2H3. The number of hydrazine groups is 1. The molecule has 5 atom stereocenters. The SMILES string of the molecule is CCN1C(=O)C2CNNC2C2CCC(c3cncc(OC)c3)CC21. The Morgan fingerprint density at radius 1 is 1.38 bits per heavy atom. The van der Waals surface area contributed by atoms with Crippen LogP contribution in [0.15, 0.2) is 18.5 Å². The van der Waals surface area contributed by atoms with E-state index in [-0.39, 0.29) is 12.0 Å². The van der Waals surface area contributed by atoms with E-state index in [2.05, 4.69) is 33.7 Å². The van der Waals surface area contributed by atoms with Crippen LogP contribution in [0.4, 0.5) is 0 Å². The second-order valence-electron chi connectivity index (χ2n) is 7.18. The molecule has 1 aliphatic carbocycles. The third kappa shape index (κ3) is 2.48. The lowest BCUT2D eigenvalue weighted by Crippen LogP contribution is -2.61. The summed E-state index contributed by atoms with van der Waals surface area (Å²) in [6, 6.07) is 2.70. The fourth-order valence-corrected chi connectivity index (χ4v) is 4.95. The predicted octanol–water partition coefficient (Wildman–Crippen LogP) is 1.30. The van der Waals surface area contributed by atoms with E-state index in [0.29, 0.717) is 23.8 Å². The molecule has 2 N–H and O–H groups in total. The molecule has 5 unspecified atom stereocenters. The number of pyridine rings is 1. The van der Waals surface area contributed by atoms with Gasteiger partial charge in [-0.25, -0.2) is 0 Å². The van der Waals surface area contributed by atoms with E-state index in [1.165, 1.54) is 5.56 Å². The summed E-state index contributed by atoms with van der Waals surface area (Å²) in [7, 11) is 1.68. The summed E-state index contributed by atoms with van der Waals surface area (Å²) in [5, 5.41) is 0. The lowest BCUT2D eigenvalue weighted by atomic mass is 9.67. The second-order valence-corrected chi connectivity index (χ2v) is 7.18. The van der Waals surface area contributed by atoms with Crippen LogP contribution in [0, 0.1) is 11.8 Å². The highest BCUT2D eigenvalue weighted by atomic mass is 16.5. The largest absolute Gasteiger partial charge is 0.495 e. The van der Waals surface area contributed by atoms with Crippen molar-refractivity contribution in [3.05, 3.63) is 24.0 Å². The molecule has 130 valence electrons. The zero-order valence-electron chi connectivity index (χ0n) is 14.4. The Bertz CT molecular complexity index is 623. The summed E-state index contributed by atoms with van der Waals surface area (Å²) in [5.41, 5.74) is 7.81. The molecule has 24 heavy (non-hydrogen) atoms. The first-order chi connectivity index (χ1) is 11.7. The topological polar surface area (TPSA) is 66.5 Å². The molecule has 3 fully saturated rings. The number of hydrogen-bond acceptors (Lipinski definition) is 5. The second kappa shape index (κ2) is 6.33. The monoisotopic (exact) mass is 330 g/mol. The maximum atomic E-state index is 12.9. The van der Waals surface area contributed by atoms with Crippen molar-refractivity contribution in [2.45, 2.75) is 44.2 Å². The number of nitrogens with one attached hydrogen (secondary N) is 2. The van der Waals surface area contributed by atoms with Gasteiger partial charge in [-0.05, 0) is 49.7 Å². The Hall–Kier alpha value is -1.66. The summed E-state index contributed by atoms with van der Waals surface area (Å²) in [5.74, 6) is 2.20. The number of hydrogen-bond donors (Lipinski definition) is 2. The van der Waals surface area contributed by atoms with Gasteiger partial charge in [-0.2, -0.15) is 0 Å². The fourth-order valence-electron chi connectivity index (χ4n) is 4.95. The summed E-state index contributed by atoms with van der Waals surface area (Å²) < 4.78 is 5.32. The molecule has 1 amide bonds. The van der Waals surface area contributed by atoms with Crippen LogP contribution in [0.5, 0.6) is 5.75 Å². The van der Waals surface area contributed by atoms with Gasteiger partial charge >= 0.3 is 0 Å². The molecule has 0 bridgehead atoms. The molecule has 3 heterocycles. The quantitative estimate of drug-likeness (QED) is 0.874. The first kappa shape index (κ1) is 15.8. The molecule has 1 saturated carbocycles. The van der Waals surface area contributed by atoms with Crippen LogP contribution >= 0.6 is 0 Å². The first-order valence-electron chi connectivity index (χ1n) is 9.00. The molecule has 0 aromatic carbocycles. The summed E-state index contributed by atoms with van der Waals surface area (Å²) in [4.78, 5) is 19.3. The Balaban J connectivity index is 1.59. The third-order valence-electron chi connectivity index (χ3n) is 6.14. The fraction of sp³-hybridized carbons (Fsp3) is 0.667. The van der Waals surface area contributed by atoms with Crippen molar-refractivity contribution in [3.8, 4) is 5.75 Å². The van der Waals surface area contributed by atoms with E-state index >= 15 is 0 Å². The molecule has 1 aromatic heterocycles. The van der Waals surface area contributed by atoms with Crippen LogP contribution in [0.1, 0.15) is 37.7 Å². The van der Waals surface area contributed by atoms with Crippen molar-refractivity contribution >= 4 is 5.91 Å². The normalized spacial score (nSPS) is 35.5. The van der Waals surface area contributed by atoms with Gasteiger partial charge < -0.3 is 9.64 Å². The molecule has 2 saturated heterocycles. The van der Waals surface area contributed by atoms with E-state index in [1.807, 2.05) is 6.20 Å². The molecule has 3 aliphatic rings. The highest BCUT2D eigenvalue weighted by molar-refractivity contribution is 5.81. The number of carbonyl (C=O) groups is 1. The van der Waals surface area contributed by atoms with E-state index in [0.717, 1.165) is 38.1 Å². The van der Waals surface area contributed by atoms with Crippen molar-refractivity contribution in [2.24, 2.45) is 11.8 Å². The Morgan fingerprint density at radius 3 is 3.04 bits per heavy atom. The molecule has 4 rings (SSSR count). The predicted molar refractivity (Wildman–Crippen MR) is 90.5 cm³/mol. The van der Waals surface area contributed by atoms with E-state index < -0.39 is 0 Å². The van der Waals surface area contributed by atoms with Crippen molar-refractivity contribution in [1.82, 2.24) is 20.7 Å². The van der Waals surface area contributed by atoms with Gasteiger partial charge in [-0.15, -0.1) is 0 Å². The van der Waals surface area contributed by atoms with Crippen LogP contribution < -0.4 is 15.6 Å². The first-order valence-corrected chi connectivity index (χ1v) is 9.00.